The Labute approximate surface area is 208 Å². The fourth-order valence-corrected chi connectivity index (χ4v) is 4.33. The molecule has 0 amide bonds. The Kier molecular flexibility index (Phi) is 5.30. The van der Waals surface area contributed by atoms with Crippen LogP contribution in [0.3, 0.4) is 0 Å². The topological polar surface area (TPSA) is 95.2 Å². The van der Waals surface area contributed by atoms with Gasteiger partial charge in [-0.05, 0) is 41.8 Å². The fraction of sp³-hybridized carbons (Fsp3) is 0.103. The molecule has 0 atom stereocenters. The molecule has 0 aliphatic heterocycles. The van der Waals surface area contributed by atoms with E-state index in [1.807, 2.05) is 43.1 Å². The van der Waals surface area contributed by atoms with E-state index in [9.17, 15) is 0 Å². The van der Waals surface area contributed by atoms with Crippen LogP contribution in [0, 0.1) is 5.92 Å². The number of rotatable bonds is 6. The van der Waals surface area contributed by atoms with Crippen LogP contribution in [0.4, 0.5) is 5.69 Å². The molecular formula is C29H25N7. The van der Waals surface area contributed by atoms with Crippen LogP contribution in [-0.2, 0) is 0 Å². The molecule has 1 aromatic carbocycles. The standard InChI is InChI=1S/C29H25N7/c1-17(2)18(3)33-22-9-21(13-31-14-22)19-6-7-26-24(10-19)29(36-35-26)27-11-23-25(15-32-16-28(23)34-27)20-5-4-8-30-12-20/h4-17,33-34H,3H2,1-2H3,(H,35,36). The number of fused-ring (bicyclic) bond motifs is 2. The number of hydrogen-bond acceptors (Lipinski definition) is 5. The zero-order chi connectivity index (χ0) is 24.6. The third-order valence-corrected chi connectivity index (χ3v) is 6.41. The van der Waals surface area contributed by atoms with Gasteiger partial charge < -0.3 is 10.3 Å². The van der Waals surface area contributed by atoms with Crippen molar-refractivity contribution in [2.45, 2.75) is 13.8 Å². The lowest BCUT2D eigenvalue weighted by Gasteiger charge is -2.13. The molecule has 0 saturated carbocycles. The van der Waals surface area contributed by atoms with Gasteiger partial charge in [0, 0.05) is 57.9 Å². The molecule has 176 valence electrons. The lowest BCUT2D eigenvalue weighted by Crippen LogP contribution is -2.04. The Balaban J connectivity index is 1.41. The van der Waals surface area contributed by atoms with Crippen molar-refractivity contribution in [3.05, 3.63) is 91.9 Å². The average molecular weight is 472 g/mol. The minimum atomic E-state index is 0.337. The predicted octanol–water partition coefficient (Wildman–Crippen LogP) is 6.81. The molecule has 7 heteroatoms. The van der Waals surface area contributed by atoms with Gasteiger partial charge in [0.15, 0.2) is 0 Å². The number of nitrogens with one attached hydrogen (secondary N) is 3. The number of aromatic nitrogens is 6. The molecule has 0 fully saturated rings. The number of aromatic amines is 2. The van der Waals surface area contributed by atoms with Gasteiger partial charge in [-0.25, -0.2) is 0 Å². The van der Waals surface area contributed by atoms with Crippen molar-refractivity contribution in [2.24, 2.45) is 5.92 Å². The molecule has 5 heterocycles. The Hall–Kier alpha value is -4.78. The van der Waals surface area contributed by atoms with Crippen molar-refractivity contribution in [1.29, 1.82) is 0 Å². The van der Waals surface area contributed by atoms with E-state index in [4.69, 9.17) is 0 Å². The van der Waals surface area contributed by atoms with Crippen molar-refractivity contribution < 1.29 is 0 Å². The molecule has 0 radical (unpaired) electrons. The van der Waals surface area contributed by atoms with Crippen LogP contribution in [-0.4, -0.2) is 30.1 Å². The first kappa shape index (κ1) is 21.7. The number of anilines is 1. The van der Waals surface area contributed by atoms with Crippen LogP contribution in [0.1, 0.15) is 13.8 Å². The summed E-state index contributed by atoms with van der Waals surface area (Å²) < 4.78 is 0. The van der Waals surface area contributed by atoms with Crippen molar-refractivity contribution >= 4 is 27.5 Å². The van der Waals surface area contributed by atoms with Crippen LogP contribution in [0.5, 0.6) is 0 Å². The molecule has 0 spiro atoms. The van der Waals surface area contributed by atoms with Gasteiger partial charge in [0.25, 0.3) is 0 Å². The Bertz CT molecular complexity index is 1710. The summed E-state index contributed by atoms with van der Waals surface area (Å²) in [7, 11) is 0. The van der Waals surface area contributed by atoms with E-state index in [0.29, 0.717) is 5.92 Å². The summed E-state index contributed by atoms with van der Waals surface area (Å²) in [5, 5.41) is 13.3. The van der Waals surface area contributed by atoms with E-state index in [-0.39, 0.29) is 0 Å². The van der Waals surface area contributed by atoms with Crippen molar-refractivity contribution in [2.75, 3.05) is 5.32 Å². The maximum Gasteiger partial charge on any atom is 0.116 e. The monoisotopic (exact) mass is 471 g/mol. The van der Waals surface area contributed by atoms with Crippen LogP contribution in [0.15, 0.2) is 91.9 Å². The highest BCUT2D eigenvalue weighted by Gasteiger charge is 2.15. The van der Waals surface area contributed by atoms with E-state index in [1.54, 1.807) is 6.20 Å². The third kappa shape index (κ3) is 3.90. The number of H-pyrrole nitrogens is 2. The third-order valence-electron chi connectivity index (χ3n) is 6.41. The van der Waals surface area contributed by atoms with E-state index < -0.39 is 0 Å². The Morgan fingerprint density at radius 2 is 1.69 bits per heavy atom. The molecule has 36 heavy (non-hydrogen) atoms. The second-order valence-corrected chi connectivity index (χ2v) is 9.17. The van der Waals surface area contributed by atoms with E-state index in [1.165, 1.54) is 0 Å². The molecule has 0 saturated heterocycles. The molecule has 3 N–H and O–H groups in total. The summed E-state index contributed by atoms with van der Waals surface area (Å²) in [4.78, 5) is 16.6. The molecule has 6 aromatic rings. The lowest BCUT2D eigenvalue weighted by molar-refractivity contribution is 0.778. The summed E-state index contributed by atoms with van der Waals surface area (Å²) >= 11 is 0. The summed E-state index contributed by atoms with van der Waals surface area (Å²) in [5.41, 5.74) is 9.71. The van der Waals surface area contributed by atoms with Crippen molar-refractivity contribution in [3.8, 4) is 33.6 Å². The van der Waals surface area contributed by atoms with Gasteiger partial charge in [-0.1, -0.05) is 32.6 Å². The van der Waals surface area contributed by atoms with Crippen LogP contribution >= 0.6 is 0 Å². The van der Waals surface area contributed by atoms with Crippen molar-refractivity contribution in [1.82, 2.24) is 30.1 Å². The maximum atomic E-state index is 4.65. The highest BCUT2D eigenvalue weighted by Crippen LogP contribution is 2.35. The van der Waals surface area contributed by atoms with Gasteiger partial charge in [-0.2, -0.15) is 5.10 Å². The minimum absolute atomic E-state index is 0.337. The van der Waals surface area contributed by atoms with Gasteiger partial charge in [0.05, 0.1) is 34.8 Å². The number of allylic oxidation sites excluding steroid dienone is 1. The average Bonchev–Trinajstić information content (AvgIpc) is 3.53. The first-order valence-corrected chi connectivity index (χ1v) is 11.8. The van der Waals surface area contributed by atoms with Gasteiger partial charge in [-0.15, -0.1) is 0 Å². The zero-order valence-corrected chi connectivity index (χ0v) is 20.1. The summed E-state index contributed by atoms with van der Waals surface area (Å²) in [6, 6.07) is 14.5. The minimum Gasteiger partial charge on any atom is -0.358 e. The van der Waals surface area contributed by atoms with Gasteiger partial charge in [0.1, 0.15) is 5.69 Å². The van der Waals surface area contributed by atoms with Crippen molar-refractivity contribution in [3.63, 3.8) is 0 Å². The van der Waals surface area contributed by atoms with E-state index in [0.717, 1.165) is 66.8 Å². The quantitative estimate of drug-likeness (QED) is 0.248. The molecular weight excluding hydrogens is 446 g/mol. The number of pyridine rings is 3. The predicted molar refractivity (Wildman–Crippen MR) is 145 cm³/mol. The second-order valence-electron chi connectivity index (χ2n) is 9.17. The zero-order valence-electron chi connectivity index (χ0n) is 20.1. The van der Waals surface area contributed by atoms with E-state index >= 15 is 0 Å². The Morgan fingerprint density at radius 3 is 2.53 bits per heavy atom. The second kappa shape index (κ2) is 8.78. The fourth-order valence-electron chi connectivity index (χ4n) is 4.33. The largest absolute Gasteiger partial charge is 0.358 e. The molecule has 0 aliphatic carbocycles. The molecule has 0 bridgehead atoms. The van der Waals surface area contributed by atoms with Crippen LogP contribution in [0.25, 0.3) is 55.4 Å². The smallest absolute Gasteiger partial charge is 0.116 e. The van der Waals surface area contributed by atoms with Crippen LogP contribution in [0.2, 0.25) is 0 Å². The number of hydrogen-bond donors (Lipinski definition) is 3. The Morgan fingerprint density at radius 1 is 0.833 bits per heavy atom. The maximum absolute atomic E-state index is 4.65. The highest BCUT2D eigenvalue weighted by molar-refractivity contribution is 6.01. The normalized spacial score (nSPS) is 11.4. The summed E-state index contributed by atoms with van der Waals surface area (Å²) in [5.74, 6) is 0.337. The molecule has 0 unspecified atom stereocenters. The molecule has 5 aromatic heterocycles. The summed E-state index contributed by atoms with van der Waals surface area (Å²) in [6.07, 6.45) is 11.0. The lowest BCUT2D eigenvalue weighted by atomic mass is 10.0. The molecule has 0 aliphatic rings. The van der Waals surface area contributed by atoms with Crippen LogP contribution < -0.4 is 5.32 Å². The van der Waals surface area contributed by atoms with Gasteiger partial charge in [0.2, 0.25) is 0 Å². The highest BCUT2D eigenvalue weighted by atomic mass is 15.1. The molecule has 6 rings (SSSR count). The summed E-state index contributed by atoms with van der Waals surface area (Å²) in [6.45, 7) is 8.34. The van der Waals surface area contributed by atoms with Gasteiger partial charge in [-0.3, -0.25) is 20.1 Å². The first-order valence-electron chi connectivity index (χ1n) is 11.8. The van der Waals surface area contributed by atoms with Gasteiger partial charge >= 0.3 is 0 Å². The van der Waals surface area contributed by atoms with E-state index in [2.05, 4.69) is 86.2 Å². The SMILES string of the molecule is C=C(Nc1cncc(-c2ccc3[nH]nc(-c4cc5c(-c6cccnc6)cncc5[nH]4)c3c2)c1)C(C)C. The number of benzene rings is 1. The first-order chi connectivity index (χ1) is 17.6. The number of nitrogens with zero attached hydrogens (tertiary/aromatic N) is 4. The molecule has 7 nitrogen and oxygen atoms in total.